The highest BCUT2D eigenvalue weighted by atomic mass is 79.9. The van der Waals surface area contributed by atoms with Crippen LogP contribution in [0.15, 0.2) is 4.60 Å². The topological polar surface area (TPSA) is 50.9 Å². The zero-order valence-electron chi connectivity index (χ0n) is 6.74. The minimum absolute atomic E-state index is 0.403. The number of nitrogens with zero attached hydrogens (tertiary/aromatic N) is 3. The molecule has 0 amide bonds. The maximum atomic E-state index is 9.78. The van der Waals surface area contributed by atoms with Crippen LogP contribution in [-0.4, -0.2) is 20.1 Å². The van der Waals surface area contributed by atoms with E-state index in [9.17, 15) is 5.11 Å². The molecule has 2 rings (SSSR count). The molecule has 4 nitrogen and oxygen atoms in total. The normalized spacial score (nSPS) is 19.6. The minimum atomic E-state index is -0.403. The van der Waals surface area contributed by atoms with Crippen LogP contribution in [0.5, 0.6) is 0 Å². The molecule has 1 aromatic rings. The highest BCUT2D eigenvalue weighted by Gasteiger charge is 2.34. The molecule has 5 heteroatoms. The van der Waals surface area contributed by atoms with Gasteiger partial charge in [0, 0.05) is 7.05 Å². The Bertz CT molecular complexity index is 275. The van der Waals surface area contributed by atoms with Gasteiger partial charge in [0.25, 0.3) is 0 Å². The Kier molecular flexibility index (Phi) is 1.92. The van der Waals surface area contributed by atoms with E-state index in [2.05, 4.69) is 26.2 Å². The first-order valence-electron chi connectivity index (χ1n) is 3.93. The predicted molar refractivity (Wildman–Crippen MR) is 46.4 cm³/mol. The first-order chi connectivity index (χ1) is 5.70. The van der Waals surface area contributed by atoms with Gasteiger partial charge in [0.15, 0.2) is 4.60 Å². The van der Waals surface area contributed by atoms with E-state index in [-0.39, 0.29) is 0 Å². The average molecular weight is 232 g/mol. The van der Waals surface area contributed by atoms with Crippen molar-refractivity contribution in [3.8, 4) is 0 Å². The third-order valence-corrected chi connectivity index (χ3v) is 2.74. The second-order valence-corrected chi connectivity index (χ2v) is 3.92. The van der Waals surface area contributed by atoms with Gasteiger partial charge in [0.05, 0.1) is 0 Å². The van der Waals surface area contributed by atoms with Crippen molar-refractivity contribution in [2.75, 3.05) is 0 Å². The van der Waals surface area contributed by atoms with Crippen molar-refractivity contribution in [1.29, 1.82) is 0 Å². The second-order valence-electron chi connectivity index (χ2n) is 3.17. The number of aromatic nitrogens is 3. The van der Waals surface area contributed by atoms with Crippen molar-refractivity contribution in [2.24, 2.45) is 13.0 Å². The predicted octanol–water partition coefficient (Wildman–Crippen LogP) is 1.02. The average Bonchev–Trinajstić information content (AvgIpc) is 2.79. The van der Waals surface area contributed by atoms with Crippen LogP contribution < -0.4 is 0 Å². The summed E-state index contributed by atoms with van der Waals surface area (Å²) in [5.41, 5.74) is 0.789. The molecule has 66 valence electrons. The van der Waals surface area contributed by atoms with Gasteiger partial charge in [0.2, 0.25) is 0 Å². The molecule has 1 unspecified atom stereocenters. The van der Waals surface area contributed by atoms with Gasteiger partial charge < -0.3 is 5.11 Å². The number of hydrogen-bond donors (Lipinski definition) is 1. The van der Waals surface area contributed by atoms with E-state index >= 15 is 0 Å². The number of aryl methyl sites for hydroxylation is 1. The second kappa shape index (κ2) is 2.81. The van der Waals surface area contributed by atoms with Gasteiger partial charge in [-0.15, -0.1) is 5.10 Å². The minimum Gasteiger partial charge on any atom is -0.386 e. The number of hydrogen-bond acceptors (Lipinski definition) is 3. The van der Waals surface area contributed by atoms with Gasteiger partial charge in [-0.2, -0.15) is 0 Å². The Morgan fingerprint density at radius 3 is 2.75 bits per heavy atom. The molecule has 1 heterocycles. The summed E-state index contributed by atoms with van der Waals surface area (Å²) in [5.74, 6) is 0.415. The summed E-state index contributed by atoms with van der Waals surface area (Å²) in [5, 5.41) is 17.4. The number of aliphatic hydroxyl groups excluding tert-OH is 1. The lowest BCUT2D eigenvalue weighted by molar-refractivity contribution is 0.143. The van der Waals surface area contributed by atoms with Crippen molar-refractivity contribution in [2.45, 2.75) is 18.9 Å². The van der Waals surface area contributed by atoms with Gasteiger partial charge in [-0.3, -0.25) is 0 Å². The fourth-order valence-electron chi connectivity index (χ4n) is 1.29. The molecule has 1 fully saturated rings. The van der Waals surface area contributed by atoms with E-state index in [0.29, 0.717) is 10.5 Å². The van der Waals surface area contributed by atoms with Crippen molar-refractivity contribution >= 4 is 15.9 Å². The Morgan fingerprint density at radius 2 is 2.33 bits per heavy atom. The summed E-state index contributed by atoms with van der Waals surface area (Å²) in [7, 11) is 1.79. The molecule has 1 aliphatic carbocycles. The molecule has 1 atom stereocenters. The lowest BCUT2D eigenvalue weighted by atomic mass is 10.2. The maximum absolute atomic E-state index is 9.78. The van der Waals surface area contributed by atoms with E-state index in [1.807, 2.05) is 0 Å². The summed E-state index contributed by atoms with van der Waals surface area (Å²) in [4.78, 5) is 0. The molecule has 0 spiro atoms. The molecular formula is C7H10BrN3O. The van der Waals surface area contributed by atoms with Gasteiger partial charge in [-0.1, -0.05) is 5.21 Å². The van der Waals surface area contributed by atoms with Gasteiger partial charge >= 0.3 is 0 Å². The number of halogens is 1. The fraction of sp³-hybridized carbons (Fsp3) is 0.714. The summed E-state index contributed by atoms with van der Waals surface area (Å²) in [6, 6.07) is 0. The molecule has 1 N–H and O–H groups in total. The Labute approximate surface area is 78.7 Å². The molecule has 12 heavy (non-hydrogen) atoms. The monoisotopic (exact) mass is 231 g/mol. The van der Waals surface area contributed by atoms with Gasteiger partial charge in [-0.25, -0.2) is 4.68 Å². The molecule has 0 radical (unpaired) electrons. The van der Waals surface area contributed by atoms with Crippen LogP contribution in [0.3, 0.4) is 0 Å². The van der Waals surface area contributed by atoms with E-state index in [4.69, 9.17) is 0 Å². The standard InChI is InChI=1S/C7H10BrN3O/c1-11-5(7(8)9-10-11)6(12)4-2-3-4/h4,6,12H,2-3H2,1H3. The zero-order chi connectivity index (χ0) is 8.72. The first kappa shape index (κ1) is 8.19. The largest absolute Gasteiger partial charge is 0.386 e. The maximum Gasteiger partial charge on any atom is 0.154 e. The van der Waals surface area contributed by atoms with Gasteiger partial charge in [0.1, 0.15) is 11.8 Å². The summed E-state index contributed by atoms with van der Waals surface area (Å²) in [6.07, 6.45) is 1.82. The quantitative estimate of drug-likeness (QED) is 0.828. The fourth-order valence-corrected chi connectivity index (χ4v) is 1.85. The molecule has 0 aromatic carbocycles. The number of rotatable bonds is 2. The summed E-state index contributed by atoms with van der Waals surface area (Å²) < 4.78 is 2.27. The molecule has 1 saturated carbocycles. The Hall–Kier alpha value is -0.420. The van der Waals surface area contributed by atoms with E-state index < -0.39 is 6.10 Å². The van der Waals surface area contributed by atoms with Crippen LogP contribution in [0.25, 0.3) is 0 Å². The van der Waals surface area contributed by atoms with E-state index in [1.54, 1.807) is 11.7 Å². The van der Waals surface area contributed by atoms with Crippen molar-refractivity contribution in [1.82, 2.24) is 15.0 Å². The molecule has 1 aliphatic rings. The van der Waals surface area contributed by atoms with Crippen molar-refractivity contribution in [3.63, 3.8) is 0 Å². The number of aliphatic hydroxyl groups is 1. The van der Waals surface area contributed by atoms with Crippen molar-refractivity contribution < 1.29 is 5.11 Å². The van der Waals surface area contributed by atoms with Crippen molar-refractivity contribution in [3.05, 3.63) is 10.3 Å². The molecular weight excluding hydrogens is 222 g/mol. The summed E-state index contributed by atoms with van der Waals surface area (Å²) in [6.45, 7) is 0. The van der Waals surface area contributed by atoms with E-state index in [0.717, 1.165) is 18.5 Å². The molecule has 1 aromatic heterocycles. The first-order valence-corrected chi connectivity index (χ1v) is 4.72. The van der Waals surface area contributed by atoms with Crippen LogP contribution in [-0.2, 0) is 7.05 Å². The highest BCUT2D eigenvalue weighted by Crippen LogP contribution is 2.41. The SMILES string of the molecule is Cn1nnc(Br)c1C(O)C1CC1. The smallest absolute Gasteiger partial charge is 0.154 e. The van der Waals surface area contributed by atoms with E-state index in [1.165, 1.54) is 0 Å². The lowest BCUT2D eigenvalue weighted by Crippen LogP contribution is -2.07. The molecule has 0 bridgehead atoms. The summed E-state index contributed by atoms with van der Waals surface area (Å²) >= 11 is 3.26. The van der Waals surface area contributed by atoms with Crippen LogP contribution >= 0.6 is 15.9 Å². The van der Waals surface area contributed by atoms with Gasteiger partial charge in [-0.05, 0) is 34.7 Å². The lowest BCUT2D eigenvalue weighted by Gasteiger charge is -2.08. The van der Waals surface area contributed by atoms with Crippen LogP contribution in [0.2, 0.25) is 0 Å². The highest BCUT2D eigenvalue weighted by molar-refractivity contribution is 9.10. The molecule has 0 saturated heterocycles. The zero-order valence-corrected chi connectivity index (χ0v) is 8.32. The Balaban J connectivity index is 2.30. The third kappa shape index (κ3) is 1.27. The Morgan fingerprint density at radius 1 is 1.67 bits per heavy atom. The van der Waals surface area contributed by atoms with Crippen LogP contribution in [0, 0.1) is 5.92 Å². The van der Waals surface area contributed by atoms with Crippen LogP contribution in [0.4, 0.5) is 0 Å². The van der Waals surface area contributed by atoms with Crippen LogP contribution in [0.1, 0.15) is 24.6 Å². The third-order valence-electron chi connectivity index (χ3n) is 2.18. The molecule has 0 aliphatic heterocycles.